The number of nitriles is 1. The highest BCUT2D eigenvalue weighted by Crippen LogP contribution is 2.63. The Morgan fingerprint density at radius 2 is 2.14 bits per heavy atom. The average molecular weight is 390 g/mol. The van der Waals surface area contributed by atoms with E-state index in [1.165, 1.54) is 0 Å². The lowest BCUT2D eigenvalue weighted by atomic mass is 9.47. The highest BCUT2D eigenvalue weighted by atomic mass is 16.2. The Morgan fingerprint density at radius 3 is 2.90 bits per heavy atom. The molecule has 0 aromatic carbocycles. The Labute approximate surface area is 166 Å². The molecule has 0 spiro atoms. The van der Waals surface area contributed by atoms with E-state index in [1.807, 2.05) is 22.9 Å². The largest absolute Gasteiger partial charge is 0.346 e. The van der Waals surface area contributed by atoms with Crippen molar-refractivity contribution in [1.29, 1.82) is 5.26 Å². The number of nitrogens with zero attached hydrogens (tertiary/aromatic N) is 3. The molecule has 3 aromatic heterocycles. The molecule has 8 heteroatoms. The van der Waals surface area contributed by atoms with Gasteiger partial charge in [0.2, 0.25) is 5.91 Å². The van der Waals surface area contributed by atoms with Gasteiger partial charge in [0.1, 0.15) is 12.2 Å². The summed E-state index contributed by atoms with van der Waals surface area (Å²) < 4.78 is 1.96. The summed E-state index contributed by atoms with van der Waals surface area (Å²) in [4.78, 5) is 36.5. The van der Waals surface area contributed by atoms with E-state index < -0.39 is 0 Å². The Bertz CT molecular complexity index is 1230. The van der Waals surface area contributed by atoms with Crippen molar-refractivity contribution in [2.75, 3.05) is 6.54 Å². The Kier molecular flexibility index (Phi) is 3.32. The number of carbonyl (C=O) groups excluding carboxylic acids is 1. The predicted octanol–water partition coefficient (Wildman–Crippen LogP) is 2.21. The van der Waals surface area contributed by atoms with Gasteiger partial charge in [0.05, 0.1) is 28.7 Å². The summed E-state index contributed by atoms with van der Waals surface area (Å²) in [7, 11) is 0. The summed E-state index contributed by atoms with van der Waals surface area (Å²) in [6.45, 7) is 0.0599. The zero-order chi connectivity index (χ0) is 19.8. The molecule has 4 fully saturated rings. The Balaban J connectivity index is 1.46. The fraction of sp³-hybridized carbons (Fsp3) is 0.524. The minimum absolute atomic E-state index is 0.0281. The molecule has 29 heavy (non-hydrogen) atoms. The molecule has 0 radical (unpaired) electrons. The van der Waals surface area contributed by atoms with Crippen molar-refractivity contribution in [2.45, 2.75) is 38.1 Å². The van der Waals surface area contributed by atoms with Crippen LogP contribution in [0.15, 0.2) is 23.3 Å². The number of amides is 1. The van der Waals surface area contributed by atoms with Crippen LogP contribution in [0, 0.1) is 34.5 Å². The van der Waals surface area contributed by atoms with Crippen LogP contribution in [-0.4, -0.2) is 32.0 Å². The maximum atomic E-state index is 13.0. The maximum absolute atomic E-state index is 13.0. The van der Waals surface area contributed by atoms with Gasteiger partial charge in [0.15, 0.2) is 0 Å². The molecule has 8 nitrogen and oxygen atoms in total. The summed E-state index contributed by atoms with van der Waals surface area (Å²) >= 11 is 0. The lowest BCUT2D eigenvalue weighted by Gasteiger charge is -2.59. The third-order valence-corrected chi connectivity index (χ3v) is 7.59. The van der Waals surface area contributed by atoms with Crippen LogP contribution in [-0.2, 0) is 4.79 Å². The molecule has 2 unspecified atom stereocenters. The first-order chi connectivity index (χ1) is 14.1. The normalized spacial score (nSPS) is 32.7. The molecule has 4 aliphatic rings. The highest BCUT2D eigenvalue weighted by Gasteiger charge is 2.59. The Morgan fingerprint density at radius 1 is 1.34 bits per heavy atom. The van der Waals surface area contributed by atoms with Gasteiger partial charge in [0.25, 0.3) is 0 Å². The molecule has 1 amide bonds. The van der Waals surface area contributed by atoms with Crippen LogP contribution in [0.3, 0.4) is 0 Å². The van der Waals surface area contributed by atoms with Gasteiger partial charge < -0.3 is 15.3 Å². The lowest BCUT2D eigenvalue weighted by Crippen LogP contribution is -2.57. The van der Waals surface area contributed by atoms with Gasteiger partial charge in [-0.05, 0) is 55.9 Å². The number of aromatic nitrogens is 4. The second-order valence-electron chi connectivity index (χ2n) is 9.14. The lowest BCUT2D eigenvalue weighted by molar-refractivity contribution is -0.151. The van der Waals surface area contributed by atoms with Crippen molar-refractivity contribution in [2.24, 2.45) is 23.2 Å². The van der Waals surface area contributed by atoms with Crippen molar-refractivity contribution in [3.63, 3.8) is 0 Å². The zero-order valence-corrected chi connectivity index (χ0v) is 15.9. The van der Waals surface area contributed by atoms with Crippen LogP contribution in [0.2, 0.25) is 0 Å². The first kappa shape index (κ1) is 16.8. The number of hydrogen-bond donors (Lipinski definition) is 3. The van der Waals surface area contributed by atoms with Crippen LogP contribution >= 0.6 is 0 Å². The number of hydrogen-bond acceptors (Lipinski definition) is 4. The van der Waals surface area contributed by atoms with Gasteiger partial charge in [-0.1, -0.05) is 0 Å². The summed E-state index contributed by atoms with van der Waals surface area (Å²) in [5, 5.41) is 12.6. The first-order valence-electron chi connectivity index (χ1n) is 10.3. The number of rotatable bonds is 3. The monoisotopic (exact) mass is 390 g/mol. The highest BCUT2D eigenvalue weighted by molar-refractivity contribution is 6.01. The molecule has 4 aliphatic carbocycles. The van der Waals surface area contributed by atoms with Crippen molar-refractivity contribution in [3.05, 3.63) is 28.9 Å². The van der Waals surface area contributed by atoms with E-state index in [9.17, 15) is 9.59 Å². The topological polar surface area (TPSA) is 119 Å². The molecule has 0 aliphatic heterocycles. The summed E-state index contributed by atoms with van der Waals surface area (Å²) in [6, 6.07) is 4.09. The molecule has 3 heterocycles. The number of imidazole rings is 1. The fourth-order valence-corrected chi connectivity index (χ4v) is 6.91. The van der Waals surface area contributed by atoms with Crippen LogP contribution < -0.4 is 11.0 Å². The van der Waals surface area contributed by atoms with E-state index in [2.05, 4.69) is 20.3 Å². The molecule has 7 rings (SSSR count). The minimum atomic E-state index is -0.371. The van der Waals surface area contributed by atoms with Crippen LogP contribution in [0.5, 0.6) is 0 Å². The van der Waals surface area contributed by atoms with E-state index >= 15 is 0 Å². The van der Waals surface area contributed by atoms with Gasteiger partial charge in [-0.3, -0.25) is 9.36 Å². The average Bonchev–Trinajstić information content (AvgIpc) is 3.29. The first-order valence-corrected chi connectivity index (χ1v) is 10.3. The van der Waals surface area contributed by atoms with Crippen LogP contribution in [0.25, 0.3) is 22.1 Å². The standard InChI is InChI=1S/C21H22N6O2/c22-2-4-24-19(28)21-7-11-5-12(8-21)16(13(6-11)9-21)27-17-14-1-3-23-18(14)25-10-15(17)26-20(27)29/h1,3,10-13,16H,4-9H2,(H,23,25)(H,24,28)(H,26,29). The molecule has 2 atom stereocenters. The fourth-order valence-electron chi connectivity index (χ4n) is 6.91. The maximum Gasteiger partial charge on any atom is 0.326 e. The second kappa shape index (κ2) is 5.72. The molecule has 4 saturated carbocycles. The van der Waals surface area contributed by atoms with Gasteiger partial charge in [0, 0.05) is 17.6 Å². The van der Waals surface area contributed by atoms with Crippen molar-refractivity contribution < 1.29 is 4.79 Å². The SMILES string of the molecule is N#CCNC(=O)C12CC3CC(C1)C(n1c(=O)[nH]c4cnc5[nH]ccc5c41)C(C3)C2. The molecule has 3 N–H and O–H groups in total. The van der Waals surface area contributed by atoms with Gasteiger partial charge >= 0.3 is 5.69 Å². The number of nitrogens with one attached hydrogen (secondary N) is 3. The Hall–Kier alpha value is -3.08. The number of carbonyl (C=O) groups is 1. The minimum Gasteiger partial charge on any atom is -0.346 e. The number of pyridine rings is 1. The van der Waals surface area contributed by atoms with Crippen molar-refractivity contribution >= 4 is 28.0 Å². The zero-order valence-electron chi connectivity index (χ0n) is 15.9. The quantitative estimate of drug-likeness (QED) is 0.594. The number of aromatic amines is 2. The summed E-state index contributed by atoms with van der Waals surface area (Å²) in [5.41, 5.74) is 2.00. The molecular formula is C21H22N6O2. The van der Waals surface area contributed by atoms with Gasteiger partial charge in [-0.2, -0.15) is 5.26 Å². The molecule has 4 bridgehead atoms. The molecule has 148 valence electrons. The smallest absolute Gasteiger partial charge is 0.326 e. The van der Waals surface area contributed by atoms with Crippen molar-refractivity contribution in [1.82, 2.24) is 24.8 Å². The van der Waals surface area contributed by atoms with E-state index in [0.29, 0.717) is 17.8 Å². The van der Waals surface area contributed by atoms with Crippen LogP contribution in [0.1, 0.15) is 38.1 Å². The van der Waals surface area contributed by atoms with Gasteiger partial charge in [-0.25, -0.2) is 9.78 Å². The van der Waals surface area contributed by atoms with E-state index in [1.54, 1.807) is 6.20 Å². The van der Waals surface area contributed by atoms with Crippen LogP contribution in [0.4, 0.5) is 0 Å². The molecular weight excluding hydrogens is 368 g/mol. The van der Waals surface area contributed by atoms with E-state index in [0.717, 1.165) is 54.2 Å². The third kappa shape index (κ3) is 2.21. The van der Waals surface area contributed by atoms with Crippen molar-refractivity contribution in [3.8, 4) is 6.07 Å². The van der Waals surface area contributed by atoms with Gasteiger partial charge in [-0.15, -0.1) is 0 Å². The second-order valence-corrected chi connectivity index (χ2v) is 9.14. The van der Waals surface area contributed by atoms with E-state index in [4.69, 9.17) is 5.26 Å². The number of H-pyrrole nitrogens is 2. The van der Waals surface area contributed by atoms with E-state index in [-0.39, 0.29) is 29.6 Å². The summed E-state index contributed by atoms with van der Waals surface area (Å²) in [5.74, 6) is 1.16. The number of fused-ring (bicyclic) bond motifs is 3. The third-order valence-electron chi connectivity index (χ3n) is 7.59. The summed E-state index contributed by atoms with van der Waals surface area (Å²) in [6.07, 6.45) is 8.21. The molecule has 3 aromatic rings. The molecule has 0 saturated heterocycles. The predicted molar refractivity (Wildman–Crippen MR) is 106 cm³/mol.